The highest BCUT2D eigenvalue weighted by atomic mass is 19.3. The molecule has 0 unspecified atom stereocenters. The van der Waals surface area contributed by atoms with Gasteiger partial charge in [-0.1, -0.05) is 6.92 Å². The van der Waals surface area contributed by atoms with Crippen LogP contribution in [0.4, 0.5) is 8.78 Å². The van der Waals surface area contributed by atoms with Crippen LogP contribution in [0.2, 0.25) is 0 Å². The molecule has 2 nitrogen and oxygen atoms in total. The fraction of sp³-hybridized carbons (Fsp3) is 1.00. The van der Waals surface area contributed by atoms with Crippen molar-refractivity contribution in [2.45, 2.75) is 32.3 Å². The summed E-state index contributed by atoms with van der Waals surface area (Å²) >= 11 is 0. The van der Waals surface area contributed by atoms with Crippen LogP contribution in [0.3, 0.4) is 0 Å². The SMILES string of the molecule is CCC(F)(F)OCCCCN(C)C. The average molecular weight is 195 g/mol. The third-order valence-corrected chi connectivity index (χ3v) is 1.72. The van der Waals surface area contributed by atoms with Gasteiger partial charge in [0.2, 0.25) is 0 Å². The summed E-state index contributed by atoms with van der Waals surface area (Å²) < 4.78 is 29.4. The molecule has 0 aliphatic rings. The standard InChI is InChI=1S/C9H19F2NO/c1-4-9(10,11)13-8-6-5-7-12(2)3/h4-8H2,1-3H3. The number of nitrogens with zero attached hydrogens (tertiary/aromatic N) is 1. The van der Waals surface area contributed by atoms with Crippen LogP contribution in [0.5, 0.6) is 0 Å². The van der Waals surface area contributed by atoms with Gasteiger partial charge in [-0.25, -0.2) is 0 Å². The lowest BCUT2D eigenvalue weighted by Crippen LogP contribution is -2.20. The molecule has 80 valence electrons. The van der Waals surface area contributed by atoms with Gasteiger partial charge in [-0.15, -0.1) is 0 Å². The summed E-state index contributed by atoms with van der Waals surface area (Å²) in [6.07, 6.45) is -1.60. The Hall–Kier alpha value is -0.220. The van der Waals surface area contributed by atoms with E-state index in [0.717, 1.165) is 13.0 Å². The van der Waals surface area contributed by atoms with Gasteiger partial charge in [0.25, 0.3) is 0 Å². The molecule has 0 aromatic carbocycles. The Balaban J connectivity index is 3.26. The van der Waals surface area contributed by atoms with E-state index in [1.807, 2.05) is 19.0 Å². The van der Waals surface area contributed by atoms with Crippen LogP contribution in [0.15, 0.2) is 0 Å². The van der Waals surface area contributed by atoms with Gasteiger partial charge in [-0.3, -0.25) is 0 Å². The van der Waals surface area contributed by atoms with E-state index >= 15 is 0 Å². The first-order valence-electron chi connectivity index (χ1n) is 4.64. The van der Waals surface area contributed by atoms with Crippen LogP contribution in [-0.2, 0) is 4.74 Å². The molecule has 0 atom stereocenters. The number of hydrogen-bond donors (Lipinski definition) is 0. The summed E-state index contributed by atoms with van der Waals surface area (Å²) in [6, 6.07) is 0. The predicted molar refractivity (Wildman–Crippen MR) is 49.0 cm³/mol. The Morgan fingerprint density at radius 1 is 1.23 bits per heavy atom. The minimum absolute atomic E-state index is 0.147. The second-order valence-electron chi connectivity index (χ2n) is 3.35. The smallest absolute Gasteiger partial charge is 0.321 e. The van der Waals surface area contributed by atoms with Crippen molar-refractivity contribution < 1.29 is 13.5 Å². The summed E-state index contributed by atoms with van der Waals surface area (Å²) in [4.78, 5) is 2.03. The second-order valence-corrected chi connectivity index (χ2v) is 3.35. The molecule has 0 spiro atoms. The lowest BCUT2D eigenvalue weighted by molar-refractivity contribution is -0.239. The minimum Gasteiger partial charge on any atom is -0.321 e. The highest BCUT2D eigenvalue weighted by Gasteiger charge is 2.26. The molecule has 0 saturated carbocycles. The van der Waals surface area contributed by atoms with Crippen molar-refractivity contribution >= 4 is 0 Å². The lowest BCUT2D eigenvalue weighted by atomic mass is 10.3. The lowest BCUT2D eigenvalue weighted by Gasteiger charge is -2.15. The Bertz CT molecular complexity index is 129. The summed E-state index contributed by atoms with van der Waals surface area (Å²) in [5, 5.41) is 0. The molecular weight excluding hydrogens is 176 g/mol. The first kappa shape index (κ1) is 12.8. The van der Waals surface area contributed by atoms with Crippen LogP contribution in [0.25, 0.3) is 0 Å². The van der Waals surface area contributed by atoms with E-state index in [1.165, 1.54) is 6.92 Å². The predicted octanol–water partition coefficient (Wildman–Crippen LogP) is 2.35. The average Bonchev–Trinajstić information content (AvgIpc) is 2.03. The third kappa shape index (κ3) is 8.12. The van der Waals surface area contributed by atoms with Crippen molar-refractivity contribution in [1.82, 2.24) is 4.90 Å². The van der Waals surface area contributed by atoms with E-state index in [1.54, 1.807) is 0 Å². The molecule has 0 aliphatic heterocycles. The van der Waals surface area contributed by atoms with Crippen LogP contribution >= 0.6 is 0 Å². The zero-order chi connectivity index (χ0) is 10.3. The third-order valence-electron chi connectivity index (χ3n) is 1.72. The van der Waals surface area contributed by atoms with E-state index in [-0.39, 0.29) is 13.0 Å². The molecule has 0 heterocycles. The first-order chi connectivity index (χ1) is 5.98. The normalized spacial score (nSPS) is 12.5. The zero-order valence-electron chi connectivity index (χ0n) is 8.65. The molecule has 0 aliphatic carbocycles. The second kappa shape index (κ2) is 6.27. The van der Waals surface area contributed by atoms with Crippen molar-refractivity contribution in [2.75, 3.05) is 27.2 Å². The van der Waals surface area contributed by atoms with Gasteiger partial charge in [-0.05, 0) is 33.5 Å². The van der Waals surface area contributed by atoms with E-state index in [2.05, 4.69) is 4.74 Å². The summed E-state index contributed by atoms with van der Waals surface area (Å²) in [7, 11) is 3.92. The molecule has 0 aromatic heterocycles. The quantitative estimate of drug-likeness (QED) is 0.578. The van der Waals surface area contributed by atoms with Gasteiger partial charge < -0.3 is 9.64 Å². The van der Waals surface area contributed by atoms with Crippen molar-refractivity contribution in [3.8, 4) is 0 Å². The molecule has 0 saturated heterocycles. The Kier molecular flexibility index (Phi) is 6.16. The van der Waals surface area contributed by atoms with Crippen molar-refractivity contribution in [3.05, 3.63) is 0 Å². The van der Waals surface area contributed by atoms with Gasteiger partial charge in [0.1, 0.15) is 0 Å². The van der Waals surface area contributed by atoms with Crippen molar-refractivity contribution in [3.63, 3.8) is 0 Å². The topological polar surface area (TPSA) is 12.5 Å². The molecule has 4 heteroatoms. The summed E-state index contributed by atoms with van der Waals surface area (Å²) in [5.74, 6) is 0. The van der Waals surface area contributed by atoms with E-state index in [0.29, 0.717) is 6.42 Å². The van der Waals surface area contributed by atoms with E-state index in [4.69, 9.17) is 0 Å². The van der Waals surface area contributed by atoms with E-state index < -0.39 is 6.11 Å². The van der Waals surface area contributed by atoms with Gasteiger partial charge in [0, 0.05) is 6.42 Å². The highest BCUT2D eigenvalue weighted by molar-refractivity contribution is 4.49. The number of halogens is 2. The molecule has 13 heavy (non-hydrogen) atoms. The molecule has 0 bridgehead atoms. The maximum absolute atomic E-state index is 12.5. The zero-order valence-corrected chi connectivity index (χ0v) is 8.65. The van der Waals surface area contributed by atoms with Crippen LogP contribution in [-0.4, -0.2) is 38.3 Å². The van der Waals surface area contributed by atoms with Crippen LogP contribution in [0, 0.1) is 0 Å². The molecule has 0 fully saturated rings. The van der Waals surface area contributed by atoms with Gasteiger partial charge in [0.15, 0.2) is 0 Å². The van der Waals surface area contributed by atoms with Crippen LogP contribution in [0.1, 0.15) is 26.2 Å². The van der Waals surface area contributed by atoms with Gasteiger partial charge in [-0.2, -0.15) is 8.78 Å². The Morgan fingerprint density at radius 2 is 1.85 bits per heavy atom. The summed E-state index contributed by atoms with van der Waals surface area (Å²) in [5.41, 5.74) is 0. The molecule has 0 rings (SSSR count). The fourth-order valence-corrected chi connectivity index (χ4v) is 0.854. The molecular formula is C9H19F2NO. The number of unbranched alkanes of at least 4 members (excludes halogenated alkanes) is 1. The maximum Gasteiger partial charge on any atom is 0.355 e. The number of ether oxygens (including phenoxy) is 1. The molecule has 0 N–H and O–H groups in total. The monoisotopic (exact) mass is 195 g/mol. The minimum atomic E-state index is -2.93. The molecule has 0 radical (unpaired) electrons. The van der Waals surface area contributed by atoms with Crippen LogP contribution < -0.4 is 0 Å². The van der Waals surface area contributed by atoms with Gasteiger partial charge >= 0.3 is 6.11 Å². The number of alkyl halides is 2. The molecule has 0 aromatic rings. The first-order valence-corrected chi connectivity index (χ1v) is 4.64. The highest BCUT2D eigenvalue weighted by Crippen LogP contribution is 2.19. The molecule has 0 amide bonds. The Labute approximate surface area is 78.9 Å². The largest absolute Gasteiger partial charge is 0.355 e. The fourth-order valence-electron chi connectivity index (χ4n) is 0.854. The van der Waals surface area contributed by atoms with Crippen molar-refractivity contribution in [2.24, 2.45) is 0 Å². The van der Waals surface area contributed by atoms with E-state index in [9.17, 15) is 8.78 Å². The Morgan fingerprint density at radius 3 is 2.31 bits per heavy atom. The van der Waals surface area contributed by atoms with Gasteiger partial charge in [0.05, 0.1) is 6.61 Å². The number of rotatable bonds is 7. The maximum atomic E-state index is 12.5. The summed E-state index contributed by atoms with van der Waals surface area (Å²) in [6.45, 7) is 2.48. The number of hydrogen-bond acceptors (Lipinski definition) is 2. The van der Waals surface area contributed by atoms with Crippen molar-refractivity contribution in [1.29, 1.82) is 0 Å².